The summed E-state index contributed by atoms with van der Waals surface area (Å²) in [6, 6.07) is 4.85. The number of hydrogen-bond donors (Lipinski definition) is 4. The summed E-state index contributed by atoms with van der Waals surface area (Å²) in [5.41, 5.74) is 1.82. The van der Waals surface area contributed by atoms with E-state index in [0.29, 0.717) is 37.3 Å². The van der Waals surface area contributed by atoms with Crippen molar-refractivity contribution in [2.45, 2.75) is 49.9 Å². The van der Waals surface area contributed by atoms with Crippen LogP contribution in [0.2, 0.25) is 0 Å². The molecule has 1 aromatic heterocycles. The van der Waals surface area contributed by atoms with E-state index in [-0.39, 0.29) is 36.3 Å². The Kier molecular flexibility index (Phi) is 7.59. The minimum Gasteiger partial charge on any atom is -0.465 e. The zero-order chi connectivity index (χ0) is 28.7. The van der Waals surface area contributed by atoms with Crippen molar-refractivity contribution in [1.82, 2.24) is 25.2 Å². The zero-order valence-corrected chi connectivity index (χ0v) is 22.6. The lowest BCUT2D eigenvalue weighted by Gasteiger charge is -2.42. The Bertz CT molecular complexity index is 1270. The van der Waals surface area contributed by atoms with Gasteiger partial charge in [-0.2, -0.15) is 22.7 Å². The van der Waals surface area contributed by atoms with Crippen molar-refractivity contribution in [3.63, 3.8) is 0 Å². The van der Waals surface area contributed by atoms with Crippen LogP contribution >= 0.6 is 12.6 Å². The third kappa shape index (κ3) is 5.69. The Hall–Kier alpha value is -3.49. The van der Waals surface area contributed by atoms with E-state index in [4.69, 9.17) is 0 Å². The normalized spacial score (nSPS) is 20.6. The number of piperidine rings is 1. The number of nitrogens with one attached hydrogen (secondary N) is 2. The second kappa shape index (κ2) is 10.8. The van der Waals surface area contributed by atoms with Gasteiger partial charge in [0, 0.05) is 39.3 Å². The van der Waals surface area contributed by atoms with E-state index in [0.717, 1.165) is 25.0 Å². The zero-order valence-electron chi connectivity index (χ0n) is 21.7. The van der Waals surface area contributed by atoms with Crippen LogP contribution in [0.4, 0.5) is 34.0 Å². The van der Waals surface area contributed by atoms with Gasteiger partial charge in [0.2, 0.25) is 5.82 Å². The lowest BCUT2D eigenvalue weighted by molar-refractivity contribution is -0.137. The van der Waals surface area contributed by atoms with E-state index in [1.807, 2.05) is 11.9 Å². The van der Waals surface area contributed by atoms with Crippen molar-refractivity contribution < 1.29 is 27.5 Å². The van der Waals surface area contributed by atoms with Gasteiger partial charge in [-0.25, -0.2) is 14.8 Å². The topological polar surface area (TPSA) is 109 Å². The summed E-state index contributed by atoms with van der Waals surface area (Å²) in [6.07, 6.45) is -1.61. The summed E-state index contributed by atoms with van der Waals surface area (Å²) < 4.78 is 54.8. The van der Waals surface area contributed by atoms with Crippen LogP contribution in [0.3, 0.4) is 0 Å². The molecule has 216 valence electrons. The summed E-state index contributed by atoms with van der Waals surface area (Å²) in [5.74, 6) is 0.0924. The van der Waals surface area contributed by atoms with Gasteiger partial charge in [-0.1, -0.05) is 12.1 Å². The van der Waals surface area contributed by atoms with Crippen LogP contribution in [0.25, 0.3) is 0 Å². The number of halogens is 4. The van der Waals surface area contributed by atoms with Crippen LogP contribution in [0.1, 0.15) is 36.8 Å². The van der Waals surface area contributed by atoms with Gasteiger partial charge < -0.3 is 25.1 Å². The molecule has 2 fully saturated rings. The maximum Gasteiger partial charge on any atom is 0.416 e. The molecular weight excluding hydrogens is 552 g/mol. The van der Waals surface area contributed by atoms with Crippen LogP contribution in [0.5, 0.6) is 0 Å². The van der Waals surface area contributed by atoms with Gasteiger partial charge in [0.1, 0.15) is 12.2 Å². The van der Waals surface area contributed by atoms with Crippen LogP contribution in [0.15, 0.2) is 35.7 Å². The van der Waals surface area contributed by atoms with Crippen LogP contribution in [0, 0.1) is 11.2 Å². The molecule has 1 aromatic carbocycles. The second-order valence-corrected chi connectivity index (χ2v) is 10.9. The number of benzene rings is 1. The Balaban J connectivity index is 1.36. The first-order valence-corrected chi connectivity index (χ1v) is 13.4. The molecule has 1 saturated heterocycles. The van der Waals surface area contributed by atoms with E-state index >= 15 is 4.39 Å². The van der Waals surface area contributed by atoms with Gasteiger partial charge in [-0.15, -0.1) is 12.6 Å². The van der Waals surface area contributed by atoms with Gasteiger partial charge in [-0.3, -0.25) is 5.43 Å². The number of aromatic nitrogens is 2. The minimum absolute atomic E-state index is 0.0141. The largest absolute Gasteiger partial charge is 0.465 e. The SMILES string of the molecule is CN1C(C2(CNc3ncnc(N(Cc4ccc(C(F)(F)F)cc4)C4CC4)c3F)CCN(C(=O)O)CC2)=NNC1S. The molecule has 40 heavy (non-hydrogen) atoms. The third-order valence-electron chi connectivity index (χ3n) is 7.71. The lowest BCUT2D eigenvalue weighted by Crippen LogP contribution is -2.53. The smallest absolute Gasteiger partial charge is 0.416 e. The first-order valence-electron chi connectivity index (χ1n) is 12.9. The molecule has 5 rings (SSSR count). The summed E-state index contributed by atoms with van der Waals surface area (Å²) >= 11 is 4.46. The fraction of sp³-hybridized carbons (Fsp3) is 0.520. The molecule has 2 aliphatic heterocycles. The number of thiol groups is 1. The highest BCUT2D eigenvalue weighted by Crippen LogP contribution is 2.38. The standard InChI is InChI=1S/C25H30F4N8O2S/c1-35-21(33-34-22(35)40)24(8-10-36(11-9-24)23(38)39)13-30-19-18(26)20(32-14-31-19)37(17-6-7-17)12-15-2-4-16(5-3-15)25(27,28)29/h2-5,14,17,22,34,40H,6-13H2,1H3,(H,38,39)(H,30,31,32). The number of hydrogen-bond acceptors (Lipinski definition) is 9. The molecular formula is C25H30F4N8O2S. The number of nitrogens with zero attached hydrogens (tertiary/aromatic N) is 6. The van der Waals surface area contributed by atoms with E-state index < -0.39 is 29.1 Å². The third-order valence-corrected chi connectivity index (χ3v) is 8.17. The van der Waals surface area contributed by atoms with Gasteiger partial charge in [-0.05, 0) is 43.4 Å². The van der Waals surface area contributed by atoms with Crippen LogP contribution < -0.4 is 15.6 Å². The quantitative estimate of drug-likeness (QED) is 0.273. The molecule has 10 nitrogen and oxygen atoms in total. The Labute approximate surface area is 233 Å². The van der Waals surface area contributed by atoms with E-state index in [9.17, 15) is 23.1 Å². The number of alkyl halides is 3. The predicted molar refractivity (Wildman–Crippen MR) is 144 cm³/mol. The number of carboxylic acid groups (broad SMARTS) is 1. The molecule has 3 N–H and O–H groups in total. The molecule has 1 saturated carbocycles. The minimum atomic E-state index is -4.43. The molecule has 2 aromatic rings. The van der Waals surface area contributed by atoms with Crippen LogP contribution in [-0.4, -0.2) is 75.0 Å². The first-order chi connectivity index (χ1) is 19.0. The number of anilines is 2. The maximum absolute atomic E-state index is 15.9. The maximum atomic E-state index is 15.9. The first kappa shape index (κ1) is 28.1. The monoisotopic (exact) mass is 582 g/mol. The average Bonchev–Trinajstić information content (AvgIpc) is 3.71. The molecule has 1 aliphatic carbocycles. The molecule has 15 heteroatoms. The molecule has 3 aliphatic rings. The Morgan fingerprint density at radius 1 is 1.23 bits per heavy atom. The van der Waals surface area contributed by atoms with Gasteiger partial charge >= 0.3 is 12.3 Å². The highest BCUT2D eigenvalue weighted by molar-refractivity contribution is 7.80. The van der Waals surface area contributed by atoms with E-state index in [2.05, 4.69) is 38.4 Å². The summed E-state index contributed by atoms with van der Waals surface area (Å²) in [7, 11) is 1.83. The number of hydrazone groups is 1. The van der Waals surface area contributed by atoms with Gasteiger partial charge in [0.25, 0.3) is 0 Å². The Morgan fingerprint density at radius 3 is 2.45 bits per heavy atom. The molecule has 0 spiro atoms. The highest BCUT2D eigenvalue weighted by atomic mass is 32.1. The predicted octanol–water partition coefficient (Wildman–Crippen LogP) is 4.04. The summed E-state index contributed by atoms with van der Waals surface area (Å²) in [4.78, 5) is 24.8. The average molecular weight is 583 g/mol. The van der Waals surface area contributed by atoms with Crippen molar-refractivity contribution >= 4 is 36.2 Å². The molecule has 3 heterocycles. The summed E-state index contributed by atoms with van der Waals surface area (Å²) in [6.45, 7) is 1.02. The number of carbonyl (C=O) groups is 1. The van der Waals surface area contributed by atoms with Crippen molar-refractivity contribution in [2.75, 3.05) is 36.9 Å². The molecule has 0 radical (unpaired) electrons. The number of likely N-dealkylation sites (tertiary alicyclic amines) is 1. The fourth-order valence-electron chi connectivity index (χ4n) is 5.19. The molecule has 0 bridgehead atoms. The van der Waals surface area contributed by atoms with Crippen molar-refractivity contribution in [1.29, 1.82) is 0 Å². The number of amides is 1. The van der Waals surface area contributed by atoms with Crippen LogP contribution in [-0.2, 0) is 12.7 Å². The second-order valence-electron chi connectivity index (χ2n) is 10.4. The lowest BCUT2D eigenvalue weighted by atomic mass is 9.76. The highest BCUT2D eigenvalue weighted by Gasteiger charge is 2.45. The molecule has 1 unspecified atom stereocenters. The van der Waals surface area contributed by atoms with Crippen molar-refractivity contribution in [3.8, 4) is 0 Å². The summed E-state index contributed by atoms with van der Waals surface area (Å²) in [5, 5.41) is 17.0. The number of rotatable bonds is 8. The van der Waals surface area contributed by atoms with E-state index in [1.165, 1.54) is 23.4 Å². The number of amidine groups is 1. The van der Waals surface area contributed by atoms with Gasteiger partial charge in [0.15, 0.2) is 17.1 Å². The van der Waals surface area contributed by atoms with Crippen molar-refractivity contribution in [2.24, 2.45) is 10.5 Å². The van der Waals surface area contributed by atoms with E-state index in [1.54, 1.807) is 4.90 Å². The Morgan fingerprint density at radius 2 is 1.90 bits per heavy atom. The molecule has 1 amide bonds. The van der Waals surface area contributed by atoms with Gasteiger partial charge in [0.05, 0.1) is 11.0 Å². The molecule has 1 atom stereocenters. The van der Waals surface area contributed by atoms with Crippen molar-refractivity contribution in [3.05, 3.63) is 47.5 Å². The fourth-order valence-corrected chi connectivity index (χ4v) is 5.36.